The number of amides is 1. The minimum absolute atomic E-state index is 0. The van der Waals surface area contributed by atoms with E-state index in [-0.39, 0.29) is 36.3 Å². The number of nitrogens with one attached hydrogen (secondary N) is 1. The van der Waals surface area contributed by atoms with E-state index in [1.165, 1.54) is 4.40 Å². The highest BCUT2D eigenvalue weighted by atomic mass is 35.5. The van der Waals surface area contributed by atoms with Crippen LogP contribution in [-0.4, -0.2) is 46.4 Å². The van der Waals surface area contributed by atoms with Crippen molar-refractivity contribution < 1.29 is 4.79 Å². The van der Waals surface area contributed by atoms with Crippen LogP contribution in [0.25, 0.3) is 16.6 Å². The number of hydrogen-bond donors (Lipinski definition) is 1. The molecule has 8 heteroatoms. The Labute approximate surface area is 195 Å². The molecule has 2 aromatic heterocycles. The molecule has 0 aliphatic carbocycles. The van der Waals surface area contributed by atoms with Crippen LogP contribution < -0.4 is 10.9 Å². The molecule has 0 radical (unpaired) electrons. The van der Waals surface area contributed by atoms with E-state index in [4.69, 9.17) is 0 Å². The minimum Gasteiger partial charge on any atom is -0.351 e. The van der Waals surface area contributed by atoms with Crippen molar-refractivity contribution in [3.63, 3.8) is 0 Å². The molecule has 0 aliphatic heterocycles. The molecule has 0 saturated carbocycles. The van der Waals surface area contributed by atoms with Crippen LogP contribution in [-0.2, 0) is 0 Å². The molecular weight excluding hydrogens is 435 g/mol. The molecule has 31 heavy (non-hydrogen) atoms. The highest BCUT2D eigenvalue weighted by Crippen LogP contribution is 2.21. The first-order chi connectivity index (χ1) is 14.0. The number of hydrogen-bond acceptors (Lipinski definition) is 4. The van der Waals surface area contributed by atoms with Gasteiger partial charge in [-0.05, 0) is 55.3 Å². The van der Waals surface area contributed by atoms with Gasteiger partial charge in [-0.3, -0.25) is 14.0 Å². The van der Waals surface area contributed by atoms with Crippen LogP contribution in [0.5, 0.6) is 0 Å². The summed E-state index contributed by atoms with van der Waals surface area (Å²) in [4.78, 5) is 32.5. The Morgan fingerprint density at radius 3 is 2.48 bits per heavy atom. The molecule has 0 spiro atoms. The zero-order valence-electron chi connectivity index (χ0n) is 18.6. The third-order valence-corrected chi connectivity index (χ3v) is 5.68. The molecule has 6 nitrogen and oxygen atoms in total. The van der Waals surface area contributed by atoms with Gasteiger partial charge in [-0.25, -0.2) is 4.98 Å². The number of rotatable bonds is 8. The number of halogens is 2. The van der Waals surface area contributed by atoms with Crippen LogP contribution in [0, 0.1) is 0 Å². The molecule has 0 aliphatic rings. The van der Waals surface area contributed by atoms with Gasteiger partial charge in [0.05, 0.1) is 16.5 Å². The van der Waals surface area contributed by atoms with E-state index in [1.807, 2.05) is 18.2 Å². The molecule has 0 fully saturated rings. The van der Waals surface area contributed by atoms with Crippen molar-refractivity contribution in [1.29, 1.82) is 0 Å². The van der Waals surface area contributed by atoms with E-state index in [2.05, 4.69) is 42.9 Å². The summed E-state index contributed by atoms with van der Waals surface area (Å²) in [6.07, 6.45) is 2.60. The molecular formula is C23H32Cl2N4O2. The average Bonchev–Trinajstić information content (AvgIpc) is 2.75. The zero-order valence-corrected chi connectivity index (χ0v) is 20.2. The van der Waals surface area contributed by atoms with Gasteiger partial charge in [0.1, 0.15) is 5.65 Å². The van der Waals surface area contributed by atoms with E-state index in [0.717, 1.165) is 31.6 Å². The first-order valence-electron chi connectivity index (χ1n) is 10.4. The maximum absolute atomic E-state index is 13.1. The SMILES string of the molecule is CCC(C)c1ccc2nc3ccc(C(=O)NCCN(CC)CC)cn3c(=O)c2c1.Cl.Cl. The summed E-state index contributed by atoms with van der Waals surface area (Å²) >= 11 is 0. The summed E-state index contributed by atoms with van der Waals surface area (Å²) < 4.78 is 1.47. The van der Waals surface area contributed by atoms with Crippen molar-refractivity contribution in [2.45, 2.75) is 40.0 Å². The molecule has 3 rings (SSSR count). The second-order valence-electron chi connectivity index (χ2n) is 7.43. The number of nitrogens with zero attached hydrogens (tertiary/aromatic N) is 3. The van der Waals surface area contributed by atoms with E-state index in [9.17, 15) is 9.59 Å². The molecule has 2 heterocycles. The Balaban J connectivity index is 0.00000240. The van der Waals surface area contributed by atoms with Gasteiger partial charge >= 0.3 is 0 Å². The van der Waals surface area contributed by atoms with E-state index >= 15 is 0 Å². The maximum Gasteiger partial charge on any atom is 0.265 e. The predicted octanol–water partition coefficient (Wildman–Crippen LogP) is 4.28. The summed E-state index contributed by atoms with van der Waals surface area (Å²) in [6, 6.07) is 9.32. The van der Waals surface area contributed by atoms with Gasteiger partial charge in [0.25, 0.3) is 11.5 Å². The highest BCUT2D eigenvalue weighted by molar-refractivity contribution is 5.94. The van der Waals surface area contributed by atoms with Crippen molar-refractivity contribution in [2.24, 2.45) is 0 Å². The van der Waals surface area contributed by atoms with Gasteiger partial charge in [0, 0.05) is 19.3 Å². The van der Waals surface area contributed by atoms with Gasteiger partial charge in [-0.15, -0.1) is 24.8 Å². The highest BCUT2D eigenvalue weighted by Gasteiger charge is 2.12. The van der Waals surface area contributed by atoms with Gasteiger partial charge in [0.15, 0.2) is 0 Å². The van der Waals surface area contributed by atoms with E-state index < -0.39 is 0 Å². The lowest BCUT2D eigenvalue weighted by Crippen LogP contribution is -2.35. The number of pyridine rings is 1. The number of likely N-dealkylation sites (N-methyl/N-ethyl adjacent to an activating group) is 1. The summed E-state index contributed by atoms with van der Waals surface area (Å²) in [6.45, 7) is 11.8. The Morgan fingerprint density at radius 1 is 1.13 bits per heavy atom. The monoisotopic (exact) mass is 466 g/mol. The molecule has 1 unspecified atom stereocenters. The van der Waals surface area contributed by atoms with Gasteiger partial charge in [-0.1, -0.05) is 33.8 Å². The first-order valence-corrected chi connectivity index (χ1v) is 10.4. The van der Waals surface area contributed by atoms with Gasteiger partial charge < -0.3 is 10.2 Å². The van der Waals surface area contributed by atoms with Crippen molar-refractivity contribution >= 4 is 47.3 Å². The molecule has 1 N–H and O–H groups in total. The second kappa shape index (κ2) is 12.0. The first kappa shape index (κ1) is 26.9. The van der Waals surface area contributed by atoms with Crippen LogP contribution in [0.1, 0.15) is 56.0 Å². The predicted molar refractivity (Wildman–Crippen MR) is 132 cm³/mol. The quantitative estimate of drug-likeness (QED) is 0.503. The second-order valence-corrected chi connectivity index (χ2v) is 7.43. The van der Waals surface area contributed by atoms with Crippen molar-refractivity contribution in [2.75, 3.05) is 26.2 Å². The van der Waals surface area contributed by atoms with Crippen LogP contribution in [0.15, 0.2) is 41.3 Å². The standard InChI is InChI=1S/C23H30N4O2.2ClH/c1-5-16(4)17-8-10-20-19(14-17)23(29)27-15-18(9-11-21(27)25-20)22(28)24-12-13-26(6-2)7-3;;/h8-11,14-16H,5-7,12-13H2,1-4H3,(H,24,28);2*1H. The number of aromatic nitrogens is 2. The van der Waals surface area contributed by atoms with Gasteiger partial charge in [0.2, 0.25) is 0 Å². The Hall–Kier alpha value is -2.15. The summed E-state index contributed by atoms with van der Waals surface area (Å²) in [5.74, 6) is 0.196. The lowest BCUT2D eigenvalue weighted by molar-refractivity contribution is 0.0948. The summed E-state index contributed by atoms with van der Waals surface area (Å²) in [5, 5.41) is 3.52. The fourth-order valence-corrected chi connectivity index (χ4v) is 3.47. The van der Waals surface area contributed by atoms with Crippen LogP contribution in [0.2, 0.25) is 0 Å². The molecule has 1 aromatic carbocycles. The fourth-order valence-electron chi connectivity index (χ4n) is 3.47. The van der Waals surface area contributed by atoms with Crippen molar-refractivity contribution in [3.05, 3.63) is 58.0 Å². The van der Waals surface area contributed by atoms with Crippen LogP contribution >= 0.6 is 24.8 Å². The number of carbonyl (C=O) groups excluding carboxylic acids is 1. The van der Waals surface area contributed by atoms with Crippen molar-refractivity contribution in [1.82, 2.24) is 19.6 Å². The van der Waals surface area contributed by atoms with Crippen LogP contribution in [0.3, 0.4) is 0 Å². The zero-order chi connectivity index (χ0) is 21.0. The smallest absolute Gasteiger partial charge is 0.265 e. The lowest BCUT2D eigenvalue weighted by Gasteiger charge is -2.18. The number of benzene rings is 1. The molecule has 0 bridgehead atoms. The van der Waals surface area contributed by atoms with E-state index in [0.29, 0.717) is 34.6 Å². The Morgan fingerprint density at radius 2 is 1.84 bits per heavy atom. The summed E-state index contributed by atoms with van der Waals surface area (Å²) in [5.41, 5.74) is 2.66. The molecule has 3 aromatic rings. The molecule has 1 atom stereocenters. The lowest BCUT2D eigenvalue weighted by atomic mass is 9.97. The maximum atomic E-state index is 13.1. The largest absolute Gasteiger partial charge is 0.351 e. The van der Waals surface area contributed by atoms with Gasteiger partial charge in [-0.2, -0.15) is 0 Å². The van der Waals surface area contributed by atoms with Crippen molar-refractivity contribution in [3.8, 4) is 0 Å². The normalized spacial score (nSPS) is 11.8. The Bertz CT molecular complexity index is 1080. The average molecular weight is 467 g/mol. The van der Waals surface area contributed by atoms with E-state index in [1.54, 1.807) is 18.3 Å². The number of carbonyl (C=O) groups is 1. The Kier molecular flexibility index (Phi) is 10.4. The molecule has 170 valence electrons. The topological polar surface area (TPSA) is 66.7 Å². The summed E-state index contributed by atoms with van der Waals surface area (Å²) in [7, 11) is 0. The molecule has 0 saturated heterocycles. The molecule has 1 amide bonds. The third kappa shape index (κ3) is 5.97. The minimum atomic E-state index is -0.181. The fraction of sp³-hybridized carbons (Fsp3) is 0.435. The number of fused-ring (bicyclic) bond motifs is 2. The third-order valence-electron chi connectivity index (χ3n) is 5.68. The van der Waals surface area contributed by atoms with Crippen LogP contribution in [0.4, 0.5) is 0 Å².